The van der Waals surface area contributed by atoms with E-state index in [0.29, 0.717) is 0 Å². The van der Waals surface area contributed by atoms with Crippen LogP contribution in [0.1, 0.15) is 17.3 Å². The number of benzene rings is 1. The predicted octanol–water partition coefficient (Wildman–Crippen LogP) is 0.978. The second-order valence-corrected chi connectivity index (χ2v) is 6.26. The number of para-hydroxylation sites is 1. The molecule has 0 radical (unpaired) electrons. The smallest absolute Gasteiger partial charge is 0.426 e. The first-order valence-corrected chi connectivity index (χ1v) is 8.14. The lowest BCUT2D eigenvalue weighted by Gasteiger charge is -2.13. The number of phosphoric ester groups is 1. The fourth-order valence-electron chi connectivity index (χ4n) is 1.18. The van der Waals surface area contributed by atoms with E-state index in [0.717, 1.165) is 13.0 Å². The third-order valence-corrected chi connectivity index (χ3v) is 3.84. The summed E-state index contributed by atoms with van der Waals surface area (Å²) in [6.45, 7) is 1.07. The van der Waals surface area contributed by atoms with E-state index in [9.17, 15) is 18.7 Å². The third kappa shape index (κ3) is 6.17. The molecule has 0 spiro atoms. The number of carbonyl (C=O) groups is 2. The van der Waals surface area contributed by atoms with Gasteiger partial charge in [0.15, 0.2) is 0 Å². The molecule has 0 amide bonds. The summed E-state index contributed by atoms with van der Waals surface area (Å²) < 4.78 is 33.8. The summed E-state index contributed by atoms with van der Waals surface area (Å²) in [5, 5.41) is 0. The van der Waals surface area contributed by atoms with Crippen molar-refractivity contribution in [1.29, 1.82) is 0 Å². The van der Waals surface area contributed by atoms with Gasteiger partial charge in [-0.3, -0.25) is 9.69 Å². The zero-order valence-electron chi connectivity index (χ0n) is 10.4. The van der Waals surface area contributed by atoms with Gasteiger partial charge in [-0.1, -0.05) is 12.1 Å². The Labute approximate surface area is 118 Å². The highest BCUT2D eigenvalue weighted by Gasteiger charge is 2.36. The van der Waals surface area contributed by atoms with E-state index in [-0.39, 0.29) is 5.75 Å². The van der Waals surface area contributed by atoms with Crippen molar-refractivity contribution in [2.24, 2.45) is 0 Å². The lowest BCUT2D eigenvalue weighted by atomic mass is 10.2. The van der Waals surface area contributed by atoms with E-state index in [1.807, 2.05) is 0 Å². The molecule has 0 aliphatic rings. The first kappa shape index (κ1) is 17.5. The van der Waals surface area contributed by atoms with Crippen LogP contribution in [0.5, 0.6) is 5.75 Å². The van der Waals surface area contributed by atoms with Gasteiger partial charge in [0.2, 0.25) is 0 Å². The van der Waals surface area contributed by atoms with Crippen LogP contribution in [0.2, 0.25) is 0 Å². The zero-order valence-corrected chi connectivity index (χ0v) is 12.2. The van der Waals surface area contributed by atoms with Crippen LogP contribution in [0, 0.1) is 0 Å². The maximum absolute atomic E-state index is 11.7. The number of esters is 1. The van der Waals surface area contributed by atoms with Gasteiger partial charge in [-0.2, -0.15) is 4.31 Å². The summed E-state index contributed by atoms with van der Waals surface area (Å²) in [5.41, 5.74) is -0.406. The maximum Gasteiger partial charge on any atom is 0.538 e. The van der Waals surface area contributed by atoms with Gasteiger partial charge in [0.05, 0.1) is 0 Å². The number of phosphoric acid groups is 2. The van der Waals surface area contributed by atoms with E-state index in [4.69, 9.17) is 14.7 Å². The molecule has 0 aromatic heterocycles. The molecule has 0 saturated heterocycles. The Morgan fingerprint density at radius 1 is 1.10 bits per heavy atom. The van der Waals surface area contributed by atoms with E-state index in [2.05, 4.69) is 13.6 Å². The molecule has 1 atom stereocenters. The van der Waals surface area contributed by atoms with Crippen molar-refractivity contribution in [3.63, 3.8) is 0 Å². The molecule has 1 unspecified atom stereocenters. The van der Waals surface area contributed by atoms with Crippen LogP contribution in [0.15, 0.2) is 24.3 Å². The monoisotopic (exact) mass is 340 g/mol. The van der Waals surface area contributed by atoms with Crippen molar-refractivity contribution in [3.05, 3.63) is 29.8 Å². The van der Waals surface area contributed by atoms with Crippen LogP contribution in [-0.4, -0.2) is 26.6 Å². The van der Waals surface area contributed by atoms with E-state index in [1.54, 1.807) is 0 Å². The molecule has 116 valence electrons. The van der Waals surface area contributed by atoms with Crippen LogP contribution >= 0.6 is 15.6 Å². The first-order valence-electron chi connectivity index (χ1n) is 5.11. The summed E-state index contributed by atoms with van der Waals surface area (Å²) in [4.78, 5) is 48.4. The Hall–Kier alpha value is -1.54. The Balaban J connectivity index is 2.97. The second-order valence-electron chi connectivity index (χ2n) is 3.51. The van der Waals surface area contributed by atoms with Crippen LogP contribution in [0.25, 0.3) is 0 Å². The van der Waals surface area contributed by atoms with Gasteiger partial charge >= 0.3 is 27.6 Å². The molecule has 0 saturated carbocycles. The molecule has 0 aliphatic carbocycles. The molecular formula is C9H10O10P2. The van der Waals surface area contributed by atoms with Crippen molar-refractivity contribution in [2.45, 2.75) is 6.92 Å². The average Bonchev–Trinajstić information content (AvgIpc) is 2.24. The van der Waals surface area contributed by atoms with E-state index < -0.39 is 33.1 Å². The van der Waals surface area contributed by atoms with Crippen LogP contribution < -0.4 is 4.74 Å². The molecule has 10 nitrogen and oxygen atoms in total. The lowest BCUT2D eigenvalue weighted by Crippen LogP contribution is -2.10. The summed E-state index contributed by atoms with van der Waals surface area (Å²) in [7, 11) is -10.7. The standard InChI is InChI=1S/C9H10O10P2/c1-6(10)17-8-5-3-2-4-7(8)9(11)18-21(15,16)19-20(12,13)14/h2-5H,1H3,(H,15,16)(H2,12,13,14). The highest BCUT2D eigenvalue weighted by atomic mass is 31.3. The molecule has 1 rings (SSSR count). The second kappa shape index (κ2) is 6.48. The van der Waals surface area contributed by atoms with Gasteiger partial charge in [0, 0.05) is 6.92 Å². The minimum atomic E-state index is -5.35. The topological polar surface area (TPSA) is 157 Å². The number of rotatable bonds is 5. The van der Waals surface area contributed by atoms with E-state index in [1.165, 1.54) is 18.2 Å². The molecule has 0 aliphatic heterocycles. The fourth-order valence-corrected chi connectivity index (χ4v) is 2.70. The highest BCUT2D eigenvalue weighted by Crippen LogP contribution is 2.57. The molecular weight excluding hydrogens is 330 g/mol. The minimum Gasteiger partial charge on any atom is -0.426 e. The Kier molecular flexibility index (Phi) is 5.41. The molecule has 0 fully saturated rings. The van der Waals surface area contributed by atoms with Crippen LogP contribution in [-0.2, 0) is 22.8 Å². The SMILES string of the molecule is CC(=O)Oc1ccccc1C(=O)OP(=O)(O)OP(=O)(O)O. The quantitative estimate of drug-likeness (QED) is 0.401. The number of carbonyl (C=O) groups excluding carboxylic acids is 2. The fraction of sp³-hybridized carbons (Fsp3) is 0.111. The predicted molar refractivity (Wildman–Crippen MR) is 66.1 cm³/mol. The van der Waals surface area contributed by atoms with Crippen molar-refractivity contribution >= 4 is 27.6 Å². The molecule has 0 bridgehead atoms. The molecule has 1 aromatic rings. The Morgan fingerprint density at radius 2 is 1.67 bits per heavy atom. The normalized spacial score (nSPS) is 14.1. The van der Waals surface area contributed by atoms with Crippen LogP contribution in [0.3, 0.4) is 0 Å². The summed E-state index contributed by atoms with van der Waals surface area (Å²) in [6.07, 6.45) is 0. The molecule has 12 heteroatoms. The van der Waals surface area contributed by atoms with Crippen molar-refractivity contribution in [2.75, 3.05) is 0 Å². The minimum absolute atomic E-state index is 0.258. The number of hydrogen-bond acceptors (Lipinski definition) is 7. The van der Waals surface area contributed by atoms with Gasteiger partial charge in [-0.25, -0.2) is 13.9 Å². The van der Waals surface area contributed by atoms with Gasteiger partial charge in [0.1, 0.15) is 11.3 Å². The molecule has 0 heterocycles. The summed E-state index contributed by atoms with van der Waals surface area (Å²) in [6, 6.07) is 5.08. The molecule has 21 heavy (non-hydrogen) atoms. The van der Waals surface area contributed by atoms with Gasteiger partial charge in [0.25, 0.3) is 0 Å². The van der Waals surface area contributed by atoms with Crippen molar-refractivity contribution in [1.82, 2.24) is 0 Å². The summed E-state index contributed by atoms with van der Waals surface area (Å²) >= 11 is 0. The number of hydrogen-bond donors (Lipinski definition) is 3. The van der Waals surface area contributed by atoms with E-state index >= 15 is 0 Å². The van der Waals surface area contributed by atoms with Crippen molar-refractivity contribution < 1.29 is 47.0 Å². The van der Waals surface area contributed by atoms with Gasteiger partial charge < -0.3 is 19.0 Å². The molecule has 1 aromatic carbocycles. The number of ether oxygens (including phenoxy) is 1. The molecule has 3 N–H and O–H groups in total. The lowest BCUT2D eigenvalue weighted by molar-refractivity contribution is -0.131. The summed E-state index contributed by atoms with van der Waals surface area (Å²) in [5.74, 6) is -2.48. The largest absolute Gasteiger partial charge is 0.538 e. The van der Waals surface area contributed by atoms with Crippen molar-refractivity contribution in [3.8, 4) is 5.75 Å². The van der Waals surface area contributed by atoms with Crippen LogP contribution in [0.4, 0.5) is 0 Å². The first-order chi connectivity index (χ1) is 9.50. The average molecular weight is 340 g/mol. The van der Waals surface area contributed by atoms with Gasteiger partial charge in [-0.05, 0) is 12.1 Å². The zero-order chi connectivity index (χ0) is 16.3. The maximum atomic E-state index is 11.7. The Bertz CT molecular complexity index is 648. The third-order valence-electron chi connectivity index (χ3n) is 1.77. The van der Waals surface area contributed by atoms with Gasteiger partial charge in [-0.15, -0.1) is 0 Å². The highest BCUT2D eigenvalue weighted by molar-refractivity contribution is 7.61. The Morgan fingerprint density at radius 3 is 2.19 bits per heavy atom.